The van der Waals surface area contributed by atoms with E-state index in [1.807, 2.05) is 48.7 Å². The summed E-state index contributed by atoms with van der Waals surface area (Å²) in [5.41, 5.74) is 7.52. The van der Waals surface area contributed by atoms with Crippen molar-refractivity contribution in [3.05, 3.63) is 103 Å². The summed E-state index contributed by atoms with van der Waals surface area (Å²) in [4.78, 5) is 4.69. The molecule has 0 unspecified atom stereocenters. The molecule has 0 saturated heterocycles. The van der Waals surface area contributed by atoms with E-state index in [1.54, 1.807) is 0 Å². The van der Waals surface area contributed by atoms with Crippen molar-refractivity contribution >= 4 is 43.9 Å². The Morgan fingerprint density at radius 2 is 1.06 bits per heavy atom. The number of pyridine rings is 1. The van der Waals surface area contributed by atoms with E-state index < -0.39 is 0 Å². The molecular formula is C29H17NO2. The monoisotopic (exact) mass is 411 g/mol. The molecule has 3 aromatic heterocycles. The smallest absolute Gasteiger partial charge is 0.144 e. The maximum atomic E-state index is 6.25. The Bertz CT molecular complexity index is 1660. The zero-order chi connectivity index (χ0) is 21.1. The van der Waals surface area contributed by atoms with Gasteiger partial charge in [-0.15, -0.1) is 0 Å². The molecule has 3 heteroatoms. The molecule has 0 N–H and O–H groups in total. The standard InChI is InChI=1S/C29H17NO2/c1-3-13-26-20(7-1)22-10-5-9-19(28(22)31-26)18-15-16-30-25(17-18)24-12-6-11-23-21-8-2-4-14-27(21)32-29(23)24/h1-17H. The van der Waals surface area contributed by atoms with Crippen molar-refractivity contribution in [2.75, 3.05) is 0 Å². The highest BCUT2D eigenvalue weighted by Crippen LogP contribution is 2.38. The highest BCUT2D eigenvalue weighted by Gasteiger charge is 2.15. The average molecular weight is 411 g/mol. The first-order valence-corrected chi connectivity index (χ1v) is 10.6. The molecule has 7 rings (SSSR count). The fourth-order valence-electron chi connectivity index (χ4n) is 4.67. The maximum absolute atomic E-state index is 6.25. The first kappa shape index (κ1) is 17.3. The van der Waals surface area contributed by atoms with E-state index >= 15 is 0 Å². The van der Waals surface area contributed by atoms with Gasteiger partial charge in [0.1, 0.15) is 22.3 Å². The van der Waals surface area contributed by atoms with Gasteiger partial charge in [0, 0.05) is 38.9 Å². The summed E-state index contributed by atoms with van der Waals surface area (Å²) in [6.45, 7) is 0. The van der Waals surface area contributed by atoms with Crippen LogP contribution in [0.15, 0.2) is 112 Å². The van der Waals surface area contributed by atoms with Crippen LogP contribution in [0, 0.1) is 0 Å². The van der Waals surface area contributed by atoms with Crippen LogP contribution in [0.1, 0.15) is 0 Å². The Morgan fingerprint density at radius 1 is 0.500 bits per heavy atom. The Kier molecular flexibility index (Phi) is 3.55. The van der Waals surface area contributed by atoms with Crippen LogP contribution in [-0.2, 0) is 0 Å². The van der Waals surface area contributed by atoms with Crippen molar-refractivity contribution in [3.8, 4) is 22.4 Å². The van der Waals surface area contributed by atoms with Crippen LogP contribution in [0.3, 0.4) is 0 Å². The van der Waals surface area contributed by atoms with Crippen LogP contribution in [0.2, 0.25) is 0 Å². The Labute approximate surface area is 183 Å². The van der Waals surface area contributed by atoms with Crippen molar-refractivity contribution in [3.63, 3.8) is 0 Å². The van der Waals surface area contributed by atoms with Gasteiger partial charge in [-0.2, -0.15) is 0 Å². The van der Waals surface area contributed by atoms with E-state index in [2.05, 4.69) is 59.6 Å². The molecule has 3 nitrogen and oxygen atoms in total. The largest absolute Gasteiger partial charge is 0.455 e. The number of aromatic nitrogens is 1. The number of rotatable bonds is 2. The number of benzene rings is 4. The van der Waals surface area contributed by atoms with Gasteiger partial charge >= 0.3 is 0 Å². The predicted molar refractivity (Wildman–Crippen MR) is 130 cm³/mol. The van der Waals surface area contributed by atoms with Crippen molar-refractivity contribution < 1.29 is 8.83 Å². The van der Waals surface area contributed by atoms with Crippen LogP contribution in [0.25, 0.3) is 66.3 Å². The fourth-order valence-corrected chi connectivity index (χ4v) is 4.67. The Morgan fingerprint density at radius 3 is 1.75 bits per heavy atom. The van der Waals surface area contributed by atoms with Crippen LogP contribution < -0.4 is 0 Å². The average Bonchev–Trinajstić information content (AvgIpc) is 3.42. The van der Waals surface area contributed by atoms with E-state index in [9.17, 15) is 0 Å². The minimum atomic E-state index is 0.861. The Hall–Kier alpha value is -4.37. The number of hydrogen-bond acceptors (Lipinski definition) is 3. The fraction of sp³-hybridized carbons (Fsp3) is 0. The third-order valence-electron chi connectivity index (χ3n) is 6.16. The predicted octanol–water partition coefficient (Wildman–Crippen LogP) is 8.21. The number of para-hydroxylation sites is 4. The van der Waals surface area contributed by atoms with Gasteiger partial charge in [0.25, 0.3) is 0 Å². The molecule has 150 valence electrons. The number of hydrogen-bond donors (Lipinski definition) is 0. The van der Waals surface area contributed by atoms with Gasteiger partial charge in [0.15, 0.2) is 0 Å². The van der Waals surface area contributed by atoms with Gasteiger partial charge < -0.3 is 8.83 Å². The highest BCUT2D eigenvalue weighted by molar-refractivity contribution is 6.11. The first-order valence-electron chi connectivity index (χ1n) is 10.6. The van der Waals surface area contributed by atoms with E-state index in [0.717, 1.165) is 66.3 Å². The third kappa shape index (κ3) is 2.45. The molecule has 0 amide bonds. The molecule has 0 saturated carbocycles. The van der Waals surface area contributed by atoms with Crippen LogP contribution >= 0.6 is 0 Å². The molecule has 4 aromatic carbocycles. The van der Waals surface area contributed by atoms with Crippen molar-refractivity contribution in [2.45, 2.75) is 0 Å². The minimum absolute atomic E-state index is 0.861. The van der Waals surface area contributed by atoms with Crippen molar-refractivity contribution in [1.82, 2.24) is 4.98 Å². The van der Waals surface area contributed by atoms with Gasteiger partial charge in [0.05, 0.1) is 5.69 Å². The molecule has 0 spiro atoms. The second-order valence-corrected chi connectivity index (χ2v) is 7.99. The summed E-state index contributed by atoms with van der Waals surface area (Å²) >= 11 is 0. The second-order valence-electron chi connectivity index (χ2n) is 7.99. The molecule has 32 heavy (non-hydrogen) atoms. The molecule has 7 aromatic rings. The molecule has 0 radical (unpaired) electrons. The van der Waals surface area contributed by atoms with Crippen molar-refractivity contribution in [2.24, 2.45) is 0 Å². The van der Waals surface area contributed by atoms with Crippen LogP contribution in [-0.4, -0.2) is 4.98 Å². The molecule has 0 atom stereocenters. The summed E-state index contributed by atoms with van der Waals surface area (Å²) in [5, 5.41) is 4.47. The lowest BCUT2D eigenvalue weighted by atomic mass is 10.00. The topological polar surface area (TPSA) is 39.2 Å². The zero-order valence-corrected chi connectivity index (χ0v) is 17.1. The molecule has 3 heterocycles. The SMILES string of the molecule is c1ccc2c(c1)oc1c(-c3ccnc(-c4cccc5c4oc4ccccc45)c3)cccc12. The second kappa shape index (κ2) is 6.56. The zero-order valence-electron chi connectivity index (χ0n) is 17.1. The Balaban J connectivity index is 1.45. The quantitative estimate of drug-likeness (QED) is 0.288. The van der Waals surface area contributed by atoms with E-state index in [0.29, 0.717) is 0 Å². The van der Waals surface area contributed by atoms with Crippen LogP contribution in [0.5, 0.6) is 0 Å². The first-order chi connectivity index (χ1) is 15.9. The lowest BCUT2D eigenvalue weighted by molar-refractivity contribution is 0.669. The van der Waals surface area contributed by atoms with Gasteiger partial charge in [-0.1, -0.05) is 66.7 Å². The number of nitrogens with zero attached hydrogens (tertiary/aromatic N) is 1. The summed E-state index contributed by atoms with van der Waals surface area (Å²) in [5.74, 6) is 0. The molecule has 0 aliphatic heterocycles. The molecule has 0 bridgehead atoms. The summed E-state index contributed by atoms with van der Waals surface area (Å²) in [6.07, 6.45) is 1.85. The molecule has 0 fully saturated rings. The normalized spacial score (nSPS) is 11.8. The van der Waals surface area contributed by atoms with Gasteiger partial charge in [-0.3, -0.25) is 4.98 Å². The third-order valence-corrected chi connectivity index (χ3v) is 6.16. The van der Waals surface area contributed by atoms with Gasteiger partial charge in [0.2, 0.25) is 0 Å². The maximum Gasteiger partial charge on any atom is 0.144 e. The van der Waals surface area contributed by atoms with E-state index in [1.165, 1.54) is 0 Å². The summed E-state index contributed by atoms with van der Waals surface area (Å²) in [6, 6.07) is 33.0. The molecule has 0 aliphatic carbocycles. The van der Waals surface area contributed by atoms with E-state index in [-0.39, 0.29) is 0 Å². The summed E-state index contributed by atoms with van der Waals surface area (Å²) in [7, 11) is 0. The minimum Gasteiger partial charge on any atom is -0.455 e. The van der Waals surface area contributed by atoms with Gasteiger partial charge in [-0.25, -0.2) is 0 Å². The van der Waals surface area contributed by atoms with Crippen LogP contribution in [0.4, 0.5) is 0 Å². The molecule has 0 aliphatic rings. The lowest BCUT2D eigenvalue weighted by Gasteiger charge is -2.06. The molecular weight excluding hydrogens is 394 g/mol. The lowest BCUT2D eigenvalue weighted by Crippen LogP contribution is -1.86. The van der Waals surface area contributed by atoms with E-state index in [4.69, 9.17) is 8.83 Å². The number of furan rings is 2. The summed E-state index contributed by atoms with van der Waals surface area (Å²) < 4.78 is 12.5. The van der Waals surface area contributed by atoms with Gasteiger partial charge in [-0.05, 0) is 35.9 Å². The number of fused-ring (bicyclic) bond motifs is 6. The van der Waals surface area contributed by atoms with Crippen molar-refractivity contribution in [1.29, 1.82) is 0 Å². The highest BCUT2D eigenvalue weighted by atomic mass is 16.3.